The Hall–Kier alpha value is -1.36. The first-order valence-electron chi connectivity index (χ1n) is 6.13. The molecule has 0 radical (unpaired) electrons. The zero-order valence-corrected chi connectivity index (χ0v) is 10.9. The van der Waals surface area contributed by atoms with Crippen LogP contribution in [0.2, 0.25) is 0 Å². The largest absolute Gasteiger partial charge is 0.343 e. The van der Waals surface area contributed by atoms with Gasteiger partial charge in [0.05, 0.1) is 6.20 Å². The van der Waals surface area contributed by atoms with Gasteiger partial charge in [-0.2, -0.15) is 5.10 Å². The molecule has 0 fully saturated rings. The molecule has 1 rings (SSSR count). The number of hydrogen-bond acceptors (Lipinski definition) is 3. The van der Waals surface area contributed by atoms with Gasteiger partial charge in [-0.15, -0.1) is 0 Å². The van der Waals surface area contributed by atoms with E-state index in [1.54, 1.807) is 4.68 Å². The molecule has 17 heavy (non-hydrogen) atoms. The minimum absolute atomic E-state index is 0.216. The van der Waals surface area contributed by atoms with Crippen molar-refractivity contribution in [2.75, 3.05) is 19.6 Å². The quantitative estimate of drug-likeness (QED) is 0.714. The summed E-state index contributed by atoms with van der Waals surface area (Å²) in [5.74, 6) is 0.216. The van der Waals surface area contributed by atoms with Crippen molar-refractivity contribution in [3.8, 4) is 0 Å². The number of amides is 1. The van der Waals surface area contributed by atoms with Crippen LogP contribution in [-0.4, -0.2) is 40.2 Å². The number of carbonyl (C=O) groups excluding carboxylic acids is 1. The van der Waals surface area contributed by atoms with Gasteiger partial charge in [0.1, 0.15) is 0 Å². The molecule has 0 saturated heterocycles. The molecule has 0 aromatic carbocycles. The Kier molecular flexibility index (Phi) is 5.69. The first-order chi connectivity index (χ1) is 8.17. The smallest absolute Gasteiger partial charge is 0.223 e. The summed E-state index contributed by atoms with van der Waals surface area (Å²) in [5, 5.41) is 7.33. The molecule has 0 saturated carbocycles. The first-order valence-corrected chi connectivity index (χ1v) is 6.13. The van der Waals surface area contributed by atoms with Gasteiger partial charge < -0.3 is 10.2 Å². The fraction of sp³-hybridized carbons (Fsp3) is 0.667. The Morgan fingerprint density at radius 2 is 2.18 bits per heavy atom. The summed E-state index contributed by atoms with van der Waals surface area (Å²) < 4.78 is 1.78. The van der Waals surface area contributed by atoms with Crippen molar-refractivity contribution < 1.29 is 4.79 Å². The molecule has 0 atom stereocenters. The molecule has 0 aliphatic rings. The predicted octanol–water partition coefficient (Wildman–Crippen LogP) is 0.768. The van der Waals surface area contributed by atoms with E-state index in [4.69, 9.17) is 0 Å². The topological polar surface area (TPSA) is 50.2 Å². The Morgan fingerprint density at radius 1 is 1.47 bits per heavy atom. The van der Waals surface area contributed by atoms with Crippen LogP contribution >= 0.6 is 0 Å². The molecule has 1 aromatic heterocycles. The van der Waals surface area contributed by atoms with Crippen molar-refractivity contribution in [2.45, 2.75) is 26.8 Å². The molecule has 0 unspecified atom stereocenters. The van der Waals surface area contributed by atoms with Crippen molar-refractivity contribution in [3.63, 3.8) is 0 Å². The van der Waals surface area contributed by atoms with E-state index in [1.807, 2.05) is 38.2 Å². The van der Waals surface area contributed by atoms with Gasteiger partial charge in [0.25, 0.3) is 0 Å². The van der Waals surface area contributed by atoms with Crippen LogP contribution in [0.15, 0.2) is 12.4 Å². The fourth-order valence-electron chi connectivity index (χ4n) is 1.73. The second-order valence-electron chi connectivity index (χ2n) is 4.02. The van der Waals surface area contributed by atoms with E-state index in [1.165, 1.54) is 0 Å². The van der Waals surface area contributed by atoms with Gasteiger partial charge in [-0.1, -0.05) is 0 Å². The Bertz CT molecular complexity index is 344. The van der Waals surface area contributed by atoms with Crippen molar-refractivity contribution in [1.82, 2.24) is 20.0 Å². The lowest BCUT2D eigenvalue weighted by atomic mass is 10.3. The molecule has 0 spiro atoms. The molecule has 0 aliphatic heterocycles. The number of nitrogens with zero attached hydrogens (tertiary/aromatic N) is 3. The van der Waals surface area contributed by atoms with Crippen LogP contribution in [0.25, 0.3) is 0 Å². The van der Waals surface area contributed by atoms with Gasteiger partial charge in [0.2, 0.25) is 5.91 Å². The summed E-state index contributed by atoms with van der Waals surface area (Å²) in [5.41, 5.74) is 1.14. The highest BCUT2D eigenvalue weighted by atomic mass is 16.2. The van der Waals surface area contributed by atoms with Crippen LogP contribution in [0.3, 0.4) is 0 Å². The number of nitrogens with one attached hydrogen (secondary N) is 1. The Labute approximate surface area is 103 Å². The lowest BCUT2D eigenvalue weighted by Gasteiger charge is -2.18. The maximum absolute atomic E-state index is 11.7. The van der Waals surface area contributed by atoms with E-state index in [0.717, 1.165) is 25.2 Å². The third-order valence-electron chi connectivity index (χ3n) is 2.72. The highest BCUT2D eigenvalue weighted by molar-refractivity contribution is 5.76. The second kappa shape index (κ2) is 7.06. The minimum atomic E-state index is 0.216. The van der Waals surface area contributed by atoms with E-state index >= 15 is 0 Å². The summed E-state index contributed by atoms with van der Waals surface area (Å²) in [6.45, 7) is 7.06. The van der Waals surface area contributed by atoms with E-state index < -0.39 is 0 Å². The normalized spacial score (nSPS) is 10.5. The fourth-order valence-corrected chi connectivity index (χ4v) is 1.73. The van der Waals surface area contributed by atoms with E-state index in [0.29, 0.717) is 13.0 Å². The highest BCUT2D eigenvalue weighted by Crippen LogP contribution is 1.96. The summed E-state index contributed by atoms with van der Waals surface area (Å²) in [6.07, 6.45) is 4.36. The lowest BCUT2D eigenvalue weighted by Crippen LogP contribution is -2.32. The van der Waals surface area contributed by atoms with Crippen LogP contribution < -0.4 is 5.32 Å². The monoisotopic (exact) mass is 238 g/mol. The number of aromatic nitrogens is 2. The standard InChI is InChI=1S/C12H22N4O/c1-4-16(5-2)12(17)6-7-13-8-11-9-14-15(3)10-11/h9-10,13H,4-8H2,1-3H3. The SMILES string of the molecule is CCN(CC)C(=O)CCNCc1cnn(C)c1. The van der Waals surface area contributed by atoms with Crippen molar-refractivity contribution in [2.24, 2.45) is 7.05 Å². The molecule has 1 N–H and O–H groups in total. The van der Waals surface area contributed by atoms with Gasteiger partial charge >= 0.3 is 0 Å². The predicted molar refractivity (Wildman–Crippen MR) is 67.5 cm³/mol. The molecular formula is C12H22N4O. The van der Waals surface area contributed by atoms with Crippen molar-refractivity contribution in [1.29, 1.82) is 0 Å². The number of hydrogen-bond donors (Lipinski definition) is 1. The van der Waals surface area contributed by atoms with E-state index in [-0.39, 0.29) is 5.91 Å². The van der Waals surface area contributed by atoms with Crippen molar-refractivity contribution >= 4 is 5.91 Å². The zero-order chi connectivity index (χ0) is 12.7. The van der Waals surface area contributed by atoms with Gasteiger partial charge in [-0.3, -0.25) is 9.48 Å². The van der Waals surface area contributed by atoms with Gasteiger partial charge in [0, 0.05) is 51.4 Å². The molecule has 96 valence electrons. The van der Waals surface area contributed by atoms with Crippen LogP contribution in [0.1, 0.15) is 25.8 Å². The van der Waals surface area contributed by atoms with Gasteiger partial charge in [-0.25, -0.2) is 0 Å². The summed E-state index contributed by atoms with van der Waals surface area (Å²) in [4.78, 5) is 13.5. The van der Waals surface area contributed by atoms with Crippen LogP contribution in [0.4, 0.5) is 0 Å². The van der Waals surface area contributed by atoms with Crippen LogP contribution in [0.5, 0.6) is 0 Å². The number of carbonyl (C=O) groups is 1. The second-order valence-corrected chi connectivity index (χ2v) is 4.02. The highest BCUT2D eigenvalue weighted by Gasteiger charge is 2.08. The van der Waals surface area contributed by atoms with Gasteiger partial charge in [0.15, 0.2) is 0 Å². The third kappa shape index (κ3) is 4.56. The van der Waals surface area contributed by atoms with Crippen LogP contribution in [-0.2, 0) is 18.4 Å². The first kappa shape index (κ1) is 13.7. The van der Waals surface area contributed by atoms with E-state index in [9.17, 15) is 4.79 Å². The van der Waals surface area contributed by atoms with Crippen LogP contribution in [0, 0.1) is 0 Å². The maximum Gasteiger partial charge on any atom is 0.223 e. The molecule has 0 bridgehead atoms. The minimum Gasteiger partial charge on any atom is -0.343 e. The maximum atomic E-state index is 11.7. The Balaban J connectivity index is 2.17. The molecule has 1 amide bonds. The molecule has 1 aromatic rings. The lowest BCUT2D eigenvalue weighted by molar-refractivity contribution is -0.130. The third-order valence-corrected chi connectivity index (χ3v) is 2.72. The number of aryl methyl sites for hydroxylation is 1. The summed E-state index contributed by atoms with van der Waals surface area (Å²) >= 11 is 0. The molecule has 5 heteroatoms. The molecule has 5 nitrogen and oxygen atoms in total. The summed E-state index contributed by atoms with van der Waals surface area (Å²) in [7, 11) is 1.90. The number of rotatable bonds is 7. The Morgan fingerprint density at radius 3 is 2.71 bits per heavy atom. The summed E-state index contributed by atoms with van der Waals surface area (Å²) in [6, 6.07) is 0. The van der Waals surface area contributed by atoms with E-state index in [2.05, 4.69) is 10.4 Å². The average Bonchev–Trinajstić information content (AvgIpc) is 2.72. The van der Waals surface area contributed by atoms with Gasteiger partial charge in [-0.05, 0) is 13.8 Å². The van der Waals surface area contributed by atoms with Crippen molar-refractivity contribution in [3.05, 3.63) is 18.0 Å². The molecular weight excluding hydrogens is 216 g/mol. The molecule has 1 heterocycles. The zero-order valence-electron chi connectivity index (χ0n) is 10.9. The molecule has 0 aliphatic carbocycles. The average molecular weight is 238 g/mol.